The monoisotopic (exact) mass is 313 g/mol. The SMILES string of the molecule is C.CC(C)(C)Cc1ccccc1.CC(C)(C)Cc1ccccn1. The maximum atomic E-state index is 4.26. The quantitative estimate of drug-likeness (QED) is 0.610. The average Bonchev–Trinajstić information content (AvgIpc) is 2.38. The minimum absolute atomic E-state index is 0. The van der Waals surface area contributed by atoms with Crippen molar-refractivity contribution in [3.63, 3.8) is 0 Å². The van der Waals surface area contributed by atoms with Gasteiger partial charge >= 0.3 is 0 Å². The van der Waals surface area contributed by atoms with Gasteiger partial charge in [-0.05, 0) is 41.4 Å². The Morgan fingerprint density at radius 1 is 0.696 bits per heavy atom. The topological polar surface area (TPSA) is 12.9 Å². The predicted molar refractivity (Wildman–Crippen MR) is 104 cm³/mol. The lowest BCUT2D eigenvalue weighted by molar-refractivity contribution is 0.406. The first-order valence-electron chi connectivity index (χ1n) is 8.10. The number of pyridine rings is 1. The van der Waals surface area contributed by atoms with Crippen molar-refractivity contribution in [2.75, 3.05) is 0 Å². The molecule has 1 heterocycles. The predicted octanol–water partition coefficient (Wildman–Crippen LogP) is 6.58. The molecule has 1 aromatic carbocycles. The lowest BCUT2D eigenvalue weighted by Gasteiger charge is -2.17. The van der Waals surface area contributed by atoms with Crippen LogP contribution >= 0.6 is 0 Å². The molecule has 0 atom stereocenters. The molecule has 0 spiro atoms. The van der Waals surface area contributed by atoms with Crippen LogP contribution in [0.3, 0.4) is 0 Å². The Morgan fingerprint density at radius 3 is 1.65 bits per heavy atom. The lowest BCUT2D eigenvalue weighted by atomic mass is 9.88. The molecule has 1 heteroatoms. The van der Waals surface area contributed by atoms with E-state index in [4.69, 9.17) is 0 Å². The van der Waals surface area contributed by atoms with Crippen LogP contribution in [0.2, 0.25) is 0 Å². The summed E-state index contributed by atoms with van der Waals surface area (Å²) in [6.45, 7) is 13.5. The molecule has 0 aliphatic rings. The van der Waals surface area contributed by atoms with Gasteiger partial charge < -0.3 is 0 Å². The van der Waals surface area contributed by atoms with Gasteiger partial charge in [0, 0.05) is 11.9 Å². The summed E-state index contributed by atoms with van der Waals surface area (Å²) in [5.41, 5.74) is 3.36. The van der Waals surface area contributed by atoms with Crippen molar-refractivity contribution in [1.29, 1.82) is 0 Å². The van der Waals surface area contributed by atoms with Crippen molar-refractivity contribution in [2.45, 2.75) is 61.8 Å². The van der Waals surface area contributed by atoms with Gasteiger partial charge in [0.25, 0.3) is 0 Å². The fourth-order valence-corrected chi connectivity index (χ4v) is 2.25. The smallest absolute Gasteiger partial charge is 0.0408 e. The van der Waals surface area contributed by atoms with Crippen molar-refractivity contribution >= 4 is 0 Å². The highest BCUT2D eigenvalue weighted by Gasteiger charge is 2.11. The average molecular weight is 314 g/mol. The fraction of sp³-hybridized carbons (Fsp3) is 0.500. The Bertz CT molecular complexity index is 464. The van der Waals surface area contributed by atoms with Gasteiger partial charge in [0.05, 0.1) is 0 Å². The van der Waals surface area contributed by atoms with Crippen LogP contribution in [0.15, 0.2) is 54.7 Å². The molecule has 128 valence electrons. The summed E-state index contributed by atoms with van der Waals surface area (Å²) in [7, 11) is 0. The minimum atomic E-state index is 0. The maximum absolute atomic E-state index is 4.26. The second-order valence-electron chi connectivity index (χ2n) is 8.28. The molecule has 1 aromatic heterocycles. The van der Waals surface area contributed by atoms with Gasteiger partial charge in [-0.1, -0.05) is 85.4 Å². The van der Waals surface area contributed by atoms with Crippen molar-refractivity contribution in [3.8, 4) is 0 Å². The maximum Gasteiger partial charge on any atom is 0.0408 e. The highest BCUT2D eigenvalue weighted by atomic mass is 14.7. The van der Waals surface area contributed by atoms with Crippen molar-refractivity contribution in [2.24, 2.45) is 10.8 Å². The van der Waals surface area contributed by atoms with Crippen molar-refractivity contribution < 1.29 is 0 Å². The molecule has 2 aromatic rings. The van der Waals surface area contributed by atoms with Crippen molar-refractivity contribution in [1.82, 2.24) is 4.98 Å². The third-order valence-corrected chi connectivity index (χ3v) is 3.01. The highest BCUT2D eigenvalue weighted by Crippen LogP contribution is 2.20. The lowest BCUT2D eigenvalue weighted by Crippen LogP contribution is -2.09. The Labute approximate surface area is 144 Å². The van der Waals surface area contributed by atoms with E-state index in [-0.39, 0.29) is 7.43 Å². The van der Waals surface area contributed by atoms with E-state index < -0.39 is 0 Å². The fourth-order valence-electron chi connectivity index (χ4n) is 2.25. The van der Waals surface area contributed by atoms with Crippen LogP contribution in [0.25, 0.3) is 0 Å². The van der Waals surface area contributed by atoms with E-state index in [1.54, 1.807) is 0 Å². The zero-order valence-electron chi connectivity index (χ0n) is 15.1. The third-order valence-electron chi connectivity index (χ3n) is 3.01. The molecule has 0 N–H and O–H groups in total. The number of rotatable bonds is 2. The Hall–Kier alpha value is -1.63. The van der Waals surface area contributed by atoms with E-state index in [0.29, 0.717) is 10.8 Å². The third kappa shape index (κ3) is 11.6. The van der Waals surface area contributed by atoms with Gasteiger partial charge in [-0.25, -0.2) is 0 Å². The molecular formula is C22H35N. The molecule has 0 bridgehead atoms. The summed E-state index contributed by atoms with van der Waals surface area (Å²) in [5, 5.41) is 0. The van der Waals surface area contributed by atoms with E-state index in [1.807, 2.05) is 18.3 Å². The summed E-state index contributed by atoms with van der Waals surface area (Å²) < 4.78 is 0. The van der Waals surface area contributed by atoms with Crippen LogP contribution in [0.5, 0.6) is 0 Å². The largest absolute Gasteiger partial charge is 0.261 e. The standard InChI is InChI=1S/C11H16.C10H15N.CH4/c1-11(2,3)9-10-7-5-4-6-8-10;1-10(2,3)8-9-6-4-5-7-11-9;/h4-8H,9H2,1-3H3;4-7H,8H2,1-3H3;1H4. The van der Waals surface area contributed by atoms with Crippen LogP contribution in [-0.2, 0) is 12.8 Å². The van der Waals surface area contributed by atoms with Gasteiger partial charge in [-0.2, -0.15) is 0 Å². The number of hydrogen-bond donors (Lipinski definition) is 0. The summed E-state index contributed by atoms with van der Waals surface area (Å²) in [6, 6.07) is 16.7. The van der Waals surface area contributed by atoms with Gasteiger partial charge in [-0.3, -0.25) is 4.98 Å². The number of aromatic nitrogens is 1. The Balaban J connectivity index is 0.000000403. The molecule has 23 heavy (non-hydrogen) atoms. The van der Waals surface area contributed by atoms with Crippen LogP contribution in [0.1, 0.15) is 60.2 Å². The second kappa shape index (κ2) is 9.50. The van der Waals surface area contributed by atoms with Gasteiger partial charge in [0.1, 0.15) is 0 Å². The molecule has 0 saturated heterocycles. The zero-order valence-corrected chi connectivity index (χ0v) is 15.1. The Morgan fingerprint density at radius 2 is 1.22 bits per heavy atom. The molecule has 0 saturated carbocycles. The Kier molecular flexibility index (Phi) is 8.82. The van der Waals surface area contributed by atoms with Gasteiger partial charge in [0.15, 0.2) is 0 Å². The summed E-state index contributed by atoms with van der Waals surface area (Å²) in [5.74, 6) is 0. The molecule has 0 aliphatic heterocycles. The van der Waals surface area contributed by atoms with Crippen LogP contribution in [-0.4, -0.2) is 4.98 Å². The molecular weight excluding hydrogens is 278 g/mol. The van der Waals surface area contributed by atoms with Crippen molar-refractivity contribution in [3.05, 3.63) is 66.0 Å². The molecule has 2 rings (SSSR count). The summed E-state index contributed by atoms with van der Waals surface area (Å²) >= 11 is 0. The first-order chi connectivity index (χ1) is 10.2. The van der Waals surface area contributed by atoms with E-state index >= 15 is 0 Å². The number of nitrogens with zero attached hydrogens (tertiary/aromatic N) is 1. The van der Waals surface area contributed by atoms with Crippen LogP contribution in [0.4, 0.5) is 0 Å². The van der Waals surface area contributed by atoms with E-state index in [0.717, 1.165) is 12.8 Å². The number of hydrogen-bond acceptors (Lipinski definition) is 1. The molecule has 0 radical (unpaired) electrons. The zero-order chi connectivity index (χ0) is 16.6. The van der Waals surface area contributed by atoms with E-state index in [1.165, 1.54) is 11.3 Å². The first kappa shape index (κ1) is 21.4. The van der Waals surface area contributed by atoms with E-state index in [2.05, 4.69) is 82.9 Å². The molecule has 0 unspecified atom stereocenters. The van der Waals surface area contributed by atoms with Crippen LogP contribution in [0, 0.1) is 10.8 Å². The first-order valence-corrected chi connectivity index (χ1v) is 8.10. The second-order valence-corrected chi connectivity index (χ2v) is 8.28. The van der Waals surface area contributed by atoms with Gasteiger partial charge in [0.2, 0.25) is 0 Å². The molecule has 0 amide bonds. The molecule has 1 nitrogen and oxygen atoms in total. The van der Waals surface area contributed by atoms with Crippen LogP contribution < -0.4 is 0 Å². The molecule has 0 aliphatic carbocycles. The minimum Gasteiger partial charge on any atom is -0.261 e. The van der Waals surface area contributed by atoms with Gasteiger partial charge in [-0.15, -0.1) is 0 Å². The summed E-state index contributed by atoms with van der Waals surface area (Å²) in [4.78, 5) is 4.26. The van der Waals surface area contributed by atoms with E-state index in [9.17, 15) is 0 Å². The summed E-state index contributed by atoms with van der Waals surface area (Å²) in [6.07, 6.45) is 4.06. The number of benzene rings is 1. The normalized spacial score (nSPS) is 11.0. The molecule has 0 fully saturated rings. The highest BCUT2D eigenvalue weighted by molar-refractivity contribution is 5.15.